The normalized spacial score (nSPS) is 15.4. The number of fused-ring (bicyclic) bond motifs is 1. The van der Waals surface area contributed by atoms with Crippen LogP contribution in [0.5, 0.6) is 5.75 Å². The van der Waals surface area contributed by atoms with Crippen LogP contribution >= 0.6 is 0 Å². The van der Waals surface area contributed by atoms with Gasteiger partial charge in [-0.05, 0) is 47.2 Å². The highest BCUT2D eigenvalue weighted by molar-refractivity contribution is 7.92. The van der Waals surface area contributed by atoms with Gasteiger partial charge in [0.05, 0.1) is 18.0 Å². The molecule has 1 atom stereocenters. The molecule has 34 heavy (non-hydrogen) atoms. The Labute approximate surface area is 201 Å². The molecule has 178 valence electrons. The van der Waals surface area contributed by atoms with Crippen molar-refractivity contribution in [3.63, 3.8) is 0 Å². The summed E-state index contributed by atoms with van der Waals surface area (Å²) in [7, 11) is -3.73. The molecule has 0 spiro atoms. The Bertz CT molecular complexity index is 1260. The minimum atomic E-state index is -3.73. The van der Waals surface area contributed by atoms with Gasteiger partial charge in [-0.15, -0.1) is 0 Å². The van der Waals surface area contributed by atoms with E-state index in [9.17, 15) is 13.2 Å². The molecule has 1 aliphatic heterocycles. The minimum Gasteiger partial charge on any atom is -0.476 e. The lowest BCUT2D eigenvalue weighted by Gasteiger charge is -2.34. The molecule has 0 aliphatic carbocycles. The molecule has 0 bridgehead atoms. The molecule has 7 heteroatoms. The zero-order valence-corrected chi connectivity index (χ0v) is 20.3. The fourth-order valence-corrected chi connectivity index (χ4v) is 5.75. The molecular weight excluding hydrogens is 448 g/mol. The number of para-hydroxylation sites is 2. The highest BCUT2D eigenvalue weighted by atomic mass is 32.2. The number of aryl methyl sites for hydroxylation is 2. The van der Waals surface area contributed by atoms with E-state index in [-0.39, 0.29) is 18.2 Å². The predicted octanol–water partition coefficient (Wildman–Crippen LogP) is 4.23. The van der Waals surface area contributed by atoms with Gasteiger partial charge in [0.2, 0.25) is 10.0 Å². The summed E-state index contributed by atoms with van der Waals surface area (Å²) < 4.78 is 34.0. The van der Waals surface area contributed by atoms with E-state index in [2.05, 4.69) is 37.4 Å². The van der Waals surface area contributed by atoms with Crippen molar-refractivity contribution in [3.8, 4) is 5.75 Å². The maximum Gasteiger partial charge on any atom is 0.263 e. The summed E-state index contributed by atoms with van der Waals surface area (Å²) >= 11 is 0. The molecule has 0 saturated carbocycles. The van der Waals surface area contributed by atoms with Crippen molar-refractivity contribution in [2.24, 2.45) is 0 Å². The van der Waals surface area contributed by atoms with Crippen LogP contribution < -0.4 is 14.4 Å². The number of carbonyl (C=O) groups is 1. The summed E-state index contributed by atoms with van der Waals surface area (Å²) in [6.45, 7) is 4.48. The highest BCUT2D eigenvalue weighted by Gasteiger charge is 2.36. The average Bonchev–Trinajstić information content (AvgIpc) is 2.86. The Morgan fingerprint density at radius 1 is 0.941 bits per heavy atom. The number of rotatable bonds is 8. The summed E-state index contributed by atoms with van der Waals surface area (Å²) in [5.74, 6) is -0.105. The van der Waals surface area contributed by atoms with Crippen LogP contribution in [-0.4, -0.2) is 27.0 Å². The minimum absolute atomic E-state index is 0.0757. The molecule has 0 radical (unpaired) electrons. The first kappa shape index (κ1) is 23.8. The number of carbonyl (C=O) groups excluding carboxylic acids is 1. The standard InChI is InChI=1S/C27H30N2O4S/c1-3-20-14-15-22(4-2)23(16-20)17-28-27(30)26-18-29(24-12-8-9-13-25(24)33-26)34(31,32)19-21-10-6-5-7-11-21/h5-16,26H,3-4,17-19H2,1-2H3,(H,28,30). The first-order valence-corrected chi connectivity index (χ1v) is 13.2. The molecule has 0 aromatic heterocycles. The number of sulfonamides is 1. The molecule has 1 N–H and O–H groups in total. The lowest BCUT2D eigenvalue weighted by molar-refractivity contribution is -0.127. The van der Waals surface area contributed by atoms with Crippen molar-refractivity contribution in [3.05, 3.63) is 95.1 Å². The lowest BCUT2D eigenvalue weighted by Crippen LogP contribution is -2.50. The van der Waals surface area contributed by atoms with Gasteiger partial charge in [0.1, 0.15) is 5.75 Å². The molecule has 3 aromatic rings. The van der Waals surface area contributed by atoms with Gasteiger partial charge in [-0.25, -0.2) is 8.42 Å². The van der Waals surface area contributed by atoms with Crippen molar-refractivity contribution < 1.29 is 17.9 Å². The Morgan fingerprint density at radius 2 is 1.68 bits per heavy atom. The second-order valence-corrected chi connectivity index (χ2v) is 10.3. The largest absolute Gasteiger partial charge is 0.476 e. The molecule has 1 aliphatic rings. The summed E-state index contributed by atoms with van der Waals surface area (Å²) in [4.78, 5) is 13.1. The number of nitrogens with one attached hydrogen (secondary N) is 1. The van der Waals surface area contributed by atoms with Crippen LogP contribution in [0.25, 0.3) is 0 Å². The molecule has 3 aromatic carbocycles. The predicted molar refractivity (Wildman–Crippen MR) is 134 cm³/mol. The fourth-order valence-electron chi connectivity index (χ4n) is 4.17. The summed E-state index contributed by atoms with van der Waals surface area (Å²) in [5, 5.41) is 2.96. The highest BCUT2D eigenvalue weighted by Crippen LogP contribution is 2.35. The number of benzene rings is 3. The second kappa shape index (κ2) is 10.3. The number of nitrogens with zero attached hydrogens (tertiary/aromatic N) is 1. The summed E-state index contributed by atoms with van der Waals surface area (Å²) in [5.41, 5.74) is 4.60. The second-order valence-electron chi connectivity index (χ2n) is 8.38. The Kier molecular flexibility index (Phi) is 7.22. The van der Waals surface area contributed by atoms with Crippen LogP contribution in [0.4, 0.5) is 5.69 Å². The van der Waals surface area contributed by atoms with Crippen molar-refractivity contribution in [1.29, 1.82) is 0 Å². The average molecular weight is 479 g/mol. The van der Waals surface area contributed by atoms with E-state index < -0.39 is 16.1 Å². The van der Waals surface area contributed by atoms with Gasteiger partial charge in [0.25, 0.3) is 5.91 Å². The van der Waals surface area contributed by atoms with Crippen LogP contribution in [0.1, 0.15) is 36.1 Å². The van der Waals surface area contributed by atoms with E-state index in [4.69, 9.17) is 4.74 Å². The van der Waals surface area contributed by atoms with Gasteiger partial charge in [0.15, 0.2) is 6.10 Å². The third-order valence-corrected chi connectivity index (χ3v) is 7.78. The number of ether oxygens (including phenoxy) is 1. The smallest absolute Gasteiger partial charge is 0.263 e. The molecule has 1 heterocycles. The van der Waals surface area contributed by atoms with Gasteiger partial charge in [-0.1, -0.05) is 74.5 Å². The molecule has 1 unspecified atom stereocenters. The van der Waals surface area contributed by atoms with Gasteiger partial charge in [0, 0.05) is 6.54 Å². The molecule has 0 saturated heterocycles. The Morgan fingerprint density at radius 3 is 2.41 bits per heavy atom. The number of hydrogen-bond acceptors (Lipinski definition) is 4. The van der Waals surface area contributed by atoms with Crippen molar-refractivity contribution in [2.75, 3.05) is 10.8 Å². The quantitative estimate of drug-likeness (QED) is 0.526. The van der Waals surface area contributed by atoms with E-state index in [1.54, 1.807) is 36.4 Å². The zero-order valence-electron chi connectivity index (χ0n) is 19.5. The van der Waals surface area contributed by atoms with Gasteiger partial charge in [-0.2, -0.15) is 0 Å². The van der Waals surface area contributed by atoms with Crippen molar-refractivity contribution >= 4 is 21.6 Å². The molecular formula is C27H30N2O4S. The first-order chi connectivity index (χ1) is 16.4. The third kappa shape index (κ3) is 5.25. The molecule has 0 fully saturated rings. The number of hydrogen-bond donors (Lipinski definition) is 1. The van der Waals surface area contributed by atoms with Crippen molar-refractivity contribution in [1.82, 2.24) is 5.32 Å². The van der Waals surface area contributed by atoms with E-state index in [1.165, 1.54) is 15.4 Å². The maximum absolute atomic E-state index is 13.4. The van der Waals surface area contributed by atoms with Gasteiger partial charge in [-0.3, -0.25) is 9.10 Å². The number of amides is 1. The third-order valence-electron chi connectivity index (χ3n) is 6.07. The van der Waals surface area contributed by atoms with E-state index in [0.29, 0.717) is 23.5 Å². The fraction of sp³-hybridized carbons (Fsp3) is 0.296. The van der Waals surface area contributed by atoms with E-state index in [1.807, 2.05) is 18.2 Å². The van der Waals surface area contributed by atoms with E-state index >= 15 is 0 Å². The molecule has 1 amide bonds. The SMILES string of the molecule is CCc1ccc(CC)c(CNC(=O)C2CN(S(=O)(=O)Cc3ccccc3)c3ccccc3O2)c1. The summed E-state index contributed by atoms with van der Waals surface area (Å²) in [6, 6.07) is 22.3. The van der Waals surface area contributed by atoms with Gasteiger partial charge >= 0.3 is 0 Å². The van der Waals surface area contributed by atoms with Crippen molar-refractivity contribution in [2.45, 2.75) is 45.1 Å². The van der Waals surface area contributed by atoms with Gasteiger partial charge < -0.3 is 10.1 Å². The van der Waals surface area contributed by atoms with Crippen LogP contribution in [-0.2, 0) is 40.0 Å². The maximum atomic E-state index is 13.4. The topological polar surface area (TPSA) is 75.7 Å². The first-order valence-electron chi connectivity index (χ1n) is 11.6. The van der Waals surface area contributed by atoms with E-state index in [0.717, 1.165) is 18.4 Å². The van der Waals surface area contributed by atoms with Crippen LogP contribution in [0.3, 0.4) is 0 Å². The lowest BCUT2D eigenvalue weighted by atomic mass is 10.0. The Balaban J connectivity index is 1.54. The van der Waals surface area contributed by atoms with Crippen LogP contribution in [0.15, 0.2) is 72.8 Å². The zero-order chi connectivity index (χ0) is 24.1. The summed E-state index contributed by atoms with van der Waals surface area (Å²) in [6.07, 6.45) is 0.843. The number of anilines is 1. The molecule has 4 rings (SSSR count). The van der Waals surface area contributed by atoms with Crippen LogP contribution in [0, 0.1) is 0 Å². The van der Waals surface area contributed by atoms with Crippen LogP contribution in [0.2, 0.25) is 0 Å². The molecule has 6 nitrogen and oxygen atoms in total. The monoisotopic (exact) mass is 478 g/mol. The Hall–Kier alpha value is -3.32.